The number of rotatable bonds is 5. The number of aliphatic hydroxyl groups is 1. The summed E-state index contributed by atoms with van der Waals surface area (Å²) in [6.07, 6.45) is -12.3. The number of hydrazone groups is 1. The Hall–Kier alpha value is -2.27. The minimum atomic E-state index is -5.72. The number of hydrogen-bond donors (Lipinski definition) is 1. The minimum absolute atomic E-state index is 0.0572. The summed E-state index contributed by atoms with van der Waals surface area (Å²) in [4.78, 5) is 12.3. The van der Waals surface area contributed by atoms with E-state index in [0.29, 0.717) is 11.3 Å². The normalized spacial score (nSPS) is 20.9. The van der Waals surface area contributed by atoms with Crippen molar-refractivity contribution in [2.45, 2.75) is 38.0 Å². The van der Waals surface area contributed by atoms with Crippen molar-refractivity contribution >= 4 is 11.6 Å². The molecule has 1 heterocycles. The lowest BCUT2D eigenvalue weighted by Gasteiger charge is -2.36. The van der Waals surface area contributed by atoms with Gasteiger partial charge in [0, 0.05) is 12.1 Å². The molecule has 144 valence electrons. The van der Waals surface area contributed by atoms with Crippen LogP contribution in [0.2, 0.25) is 0 Å². The predicted molar refractivity (Wildman–Crippen MR) is 78.3 cm³/mol. The fourth-order valence-electron chi connectivity index (χ4n) is 2.43. The number of halogens is 5. The van der Waals surface area contributed by atoms with Crippen molar-refractivity contribution in [2.75, 3.05) is 7.11 Å². The molecule has 0 radical (unpaired) electrons. The van der Waals surface area contributed by atoms with Crippen LogP contribution in [0.5, 0.6) is 5.75 Å². The van der Waals surface area contributed by atoms with E-state index >= 15 is 0 Å². The lowest BCUT2D eigenvalue weighted by atomic mass is 10.1. The van der Waals surface area contributed by atoms with Crippen LogP contribution in [-0.4, -0.2) is 47.0 Å². The fourth-order valence-corrected chi connectivity index (χ4v) is 2.43. The smallest absolute Gasteiger partial charge is 0.497 e. The van der Waals surface area contributed by atoms with E-state index in [0.717, 1.165) is 0 Å². The molecule has 1 atom stereocenters. The molecular weight excluding hydrogens is 367 g/mol. The van der Waals surface area contributed by atoms with Crippen molar-refractivity contribution < 1.29 is 41.3 Å². The monoisotopic (exact) mass is 382 g/mol. The SMILES string of the molecule is COc1ccc(CC(=O)N2N=C(C)C[C@@]2(O)C(F)(F)OC(F)(F)F)cc1. The number of amides is 1. The first-order chi connectivity index (χ1) is 11.9. The number of nitrogens with zero attached hydrogens (tertiary/aromatic N) is 2. The van der Waals surface area contributed by atoms with Gasteiger partial charge in [-0.25, -0.2) is 4.74 Å². The number of carbonyl (C=O) groups excluding carboxylic acids is 1. The Morgan fingerprint density at radius 3 is 2.35 bits per heavy atom. The van der Waals surface area contributed by atoms with E-state index in [1.165, 1.54) is 38.3 Å². The number of hydrogen-bond acceptors (Lipinski definition) is 5. The molecule has 0 unspecified atom stereocenters. The Kier molecular flexibility index (Phi) is 5.24. The quantitative estimate of drug-likeness (QED) is 0.795. The third kappa shape index (κ3) is 4.10. The van der Waals surface area contributed by atoms with Crippen molar-refractivity contribution in [3.8, 4) is 5.75 Å². The average molecular weight is 382 g/mol. The number of benzene rings is 1. The standard InChI is InChI=1S/C15H15F5N2O4/c1-9-8-13(24,14(16,17)26-15(18,19)20)22(21-9)12(23)7-10-3-5-11(25-2)6-4-10/h3-6,24H,7-8H2,1-2H3/t13-/m1/s1. The molecule has 0 bridgehead atoms. The largest absolute Gasteiger partial charge is 0.527 e. The summed E-state index contributed by atoms with van der Waals surface area (Å²) in [5, 5.41) is 13.5. The summed E-state index contributed by atoms with van der Waals surface area (Å²) >= 11 is 0. The van der Waals surface area contributed by atoms with Crippen LogP contribution in [0.25, 0.3) is 0 Å². The van der Waals surface area contributed by atoms with E-state index in [4.69, 9.17) is 4.74 Å². The molecule has 26 heavy (non-hydrogen) atoms. The second-order valence-corrected chi connectivity index (χ2v) is 5.62. The first-order valence-corrected chi connectivity index (χ1v) is 7.25. The molecule has 1 aliphatic rings. The maximum atomic E-state index is 14.0. The van der Waals surface area contributed by atoms with Gasteiger partial charge in [0.2, 0.25) is 5.91 Å². The lowest BCUT2D eigenvalue weighted by Crippen LogP contribution is -2.61. The first kappa shape index (κ1) is 20.0. The highest BCUT2D eigenvalue weighted by atomic mass is 19.4. The summed E-state index contributed by atoms with van der Waals surface area (Å²) in [5.41, 5.74) is -3.38. The molecule has 1 aromatic carbocycles. The van der Waals surface area contributed by atoms with E-state index in [-0.39, 0.29) is 10.7 Å². The lowest BCUT2D eigenvalue weighted by molar-refractivity contribution is -0.469. The van der Waals surface area contributed by atoms with Gasteiger partial charge in [-0.05, 0) is 24.6 Å². The molecule has 0 saturated heterocycles. The minimum Gasteiger partial charge on any atom is -0.497 e. The van der Waals surface area contributed by atoms with Crippen molar-refractivity contribution in [3.63, 3.8) is 0 Å². The molecule has 1 N–H and O–H groups in total. The van der Waals surface area contributed by atoms with Gasteiger partial charge >= 0.3 is 12.5 Å². The van der Waals surface area contributed by atoms with Gasteiger partial charge in [0.05, 0.1) is 13.5 Å². The van der Waals surface area contributed by atoms with Crippen molar-refractivity contribution in [2.24, 2.45) is 5.10 Å². The second kappa shape index (κ2) is 6.80. The highest BCUT2D eigenvalue weighted by molar-refractivity contribution is 5.89. The van der Waals surface area contributed by atoms with Crippen LogP contribution in [0.3, 0.4) is 0 Å². The topological polar surface area (TPSA) is 71.4 Å². The highest BCUT2D eigenvalue weighted by Gasteiger charge is 2.66. The van der Waals surface area contributed by atoms with Gasteiger partial charge in [0.15, 0.2) is 0 Å². The molecular formula is C15H15F5N2O4. The zero-order valence-electron chi connectivity index (χ0n) is 13.7. The maximum Gasteiger partial charge on any atom is 0.527 e. The van der Waals surface area contributed by atoms with Crippen molar-refractivity contribution in [1.82, 2.24) is 5.01 Å². The Balaban J connectivity index is 2.25. The molecule has 0 aromatic heterocycles. The molecule has 2 rings (SSSR count). The van der Waals surface area contributed by atoms with Crippen LogP contribution in [0.1, 0.15) is 18.9 Å². The number of alkyl halides is 5. The van der Waals surface area contributed by atoms with Crippen LogP contribution >= 0.6 is 0 Å². The van der Waals surface area contributed by atoms with Gasteiger partial charge in [-0.3, -0.25) is 4.79 Å². The van der Waals surface area contributed by atoms with E-state index in [2.05, 4.69) is 9.84 Å². The van der Waals surface area contributed by atoms with E-state index in [9.17, 15) is 31.9 Å². The van der Waals surface area contributed by atoms with E-state index < -0.39 is 36.9 Å². The van der Waals surface area contributed by atoms with Gasteiger partial charge in [0.25, 0.3) is 5.72 Å². The third-order valence-corrected chi connectivity index (χ3v) is 3.58. The van der Waals surface area contributed by atoms with E-state index in [1.807, 2.05) is 0 Å². The summed E-state index contributed by atoms with van der Waals surface area (Å²) in [6.45, 7) is 1.19. The Morgan fingerprint density at radius 2 is 1.85 bits per heavy atom. The molecule has 6 nitrogen and oxygen atoms in total. The van der Waals surface area contributed by atoms with Gasteiger partial charge < -0.3 is 9.84 Å². The summed E-state index contributed by atoms with van der Waals surface area (Å²) in [6, 6.07) is 5.95. The molecule has 0 saturated carbocycles. The molecule has 0 fully saturated rings. The van der Waals surface area contributed by atoms with Crippen LogP contribution in [0.15, 0.2) is 29.4 Å². The van der Waals surface area contributed by atoms with Crippen LogP contribution in [0.4, 0.5) is 22.0 Å². The molecule has 0 aliphatic carbocycles. The van der Waals surface area contributed by atoms with Gasteiger partial charge in [-0.15, -0.1) is 13.2 Å². The average Bonchev–Trinajstić information content (AvgIpc) is 2.82. The molecule has 1 amide bonds. The van der Waals surface area contributed by atoms with Crippen molar-refractivity contribution in [3.05, 3.63) is 29.8 Å². The first-order valence-electron chi connectivity index (χ1n) is 7.25. The predicted octanol–water partition coefficient (Wildman–Crippen LogP) is 2.66. The van der Waals surface area contributed by atoms with Gasteiger partial charge in [-0.1, -0.05) is 12.1 Å². The van der Waals surface area contributed by atoms with Gasteiger partial charge in [-0.2, -0.15) is 18.9 Å². The number of carbonyl (C=O) groups is 1. The molecule has 1 aromatic rings. The maximum absolute atomic E-state index is 14.0. The Bertz CT molecular complexity index is 705. The molecule has 11 heteroatoms. The fraction of sp³-hybridized carbons (Fsp3) is 0.467. The van der Waals surface area contributed by atoms with Gasteiger partial charge in [0.1, 0.15) is 5.75 Å². The van der Waals surface area contributed by atoms with Crippen LogP contribution in [-0.2, 0) is 16.0 Å². The van der Waals surface area contributed by atoms with E-state index in [1.54, 1.807) is 0 Å². The summed E-state index contributed by atoms with van der Waals surface area (Å²) in [7, 11) is 1.42. The summed E-state index contributed by atoms with van der Waals surface area (Å²) < 4.78 is 72.4. The Labute approximate surface area is 144 Å². The molecule has 0 spiro atoms. The number of ether oxygens (including phenoxy) is 2. The molecule has 1 aliphatic heterocycles. The third-order valence-electron chi connectivity index (χ3n) is 3.58. The Morgan fingerprint density at radius 1 is 1.27 bits per heavy atom. The zero-order valence-corrected chi connectivity index (χ0v) is 13.7. The summed E-state index contributed by atoms with van der Waals surface area (Å²) in [5.74, 6) is -0.641. The number of methoxy groups -OCH3 is 1. The van der Waals surface area contributed by atoms with Crippen LogP contribution in [0, 0.1) is 0 Å². The second-order valence-electron chi connectivity index (χ2n) is 5.62. The zero-order chi connectivity index (χ0) is 19.8. The van der Waals surface area contributed by atoms with Crippen LogP contribution < -0.4 is 4.74 Å². The van der Waals surface area contributed by atoms with Crippen molar-refractivity contribution in [1.29, 1.82) is 0 Å². The highest BCUT2D eigenvalue weighted by Crippen LogP contribution is 2.43.